The van der Waals surface area contributed by atoms with Gasteiger partial charge < -0.3 is 9.88 Å². The van der Waals surface area contributed by atoms with E-state index in [0.29, 0.717) is 18.4 Å². The summed E-state index contributed by atoms with van der Waals surface area (Å²) in [4.78, 5) is 12.1. The molecule has 0 bridgehead atoms. The van der Waals surface area contributed by atoms with Crippen LogP contribution in [0.2, 0.25) is 0 Å². The summed E-state index contributed by atoms with van der Waals surface area (Å²) in [6.07, 6.45) is 2.89. The Morgan fingerprint density at radius 2 is 2.17 bits per heavy atom. The number of fused-ring (bicyclic) bond motifs is 1. The fourth-order valence-corrected chi connectivity index (χ4v) is 2.88. The zero-order valence-corrected chi connectivity index (χ0v) is 13.1. The second-order valence-electron chi connectivity index (χ2n) is 5.89. The lowest BCUT2D eigenvalue weighted by atomic mass is 10.1. The molecule has 6 heteroatoms. The van der Waals surface area contributed by atoms with Crippen LogP contribution in [0.5, 0.6) is 0 Å². The van der Waals surface area contributed by atoms with Crippen molar-refractivity contribution >= 4 is 5.91 Å². The first kappa shape index (κ1) is 15.2. The third-order valence-electron chi connectivity index (χ3n) is 4.22. The van der Waals surface area contributed by atoms with Crippen molar-refractivity contribution in [3.05, 3.63) is 47.0 Å². The molecule has 1 aromatic carbocycles. The van der Waals surface area contributed by atoms with E-state index >= 15 is 0 Å². The van der Waals surface area contributed by atoms with Gasteiger partial charge in [0.1, 0.15) is 11.6 Å². The van der Waals surface area contributed by atoms with E-state index in [-0.39, 0.29) is 11.9 Å². The number of rotatable bonds is 4. The fraction of sp³-hybridized carbons (Fsp3) is 0.412. The summed E-state index contributed by atoms with van der Waals surface area (Å²) in [6.45, 7) is 2.68. The maximum absolute atomic E-state index is 12.1. The largest absolute Gasteiger partial charge is 0.352 e. The molecule has 6 nitrogen and oxygen atoms in total. The molecule has 23 heavy (non-hydrogen) atoms. The molecule has 0 aliphatic carbocycles. The normalized spacial score (nSPS) is 16.4. The van der Waals surface area contributed by atoms with E-state index in [0.717, 1.165) is 36.6 Å². The van der Waals surface area contributed by atoms with Gasteiger partial charge in [0, 0.05) is 25.4 Å². The van der Waals surface area contributed by atoms with Crippen LogP contribution in [0.25, 0.3) is 0 Å². The quantitative estimate of drug-likeness (QED) is 0.928. The number of carbonyl (C=O) groups is 1. The van der Waals surface area contributed by atoms with Crippen molar-refractivity contribution in [1.29, 1.82) is 5.26 Å². The number of aromatic nitrogens is 3. The number of amides is 1. The minimum absolute atomic E-state index is 0.0635. The average Bonchev–Trinajstić information content (AvgIpc) is 2.94. The summed E-state index contributed by atoms with van der Waals surface area (Å²) in [7, 11) is 0. The molecule has 1 N–H and O–H groups in total. The molecule has 1 aromatic heterocycles. The molecule has 3 rings (SSSR count). The summed E-state index contributed by atoms with van der Waals surface area (Å²) in [6, 6.07) is 9.60. The van der Waals surface area contributed by atoms with E-state index in [1.165, 1.54) is 0 Å². The average molecular weight is 309 g/mol. The van der Waals surface area contributed by atoms with Crippen LogP contribution < -0.4 is 5.32 Å². The van der Waals surface area contributed by atoms with Gasteiger partial charge in [0.2, 0.25) is 5.91 Å². The lowest BCUT2D eigenvalue weighted by Crippen LogP contribution is -2.41. The maximum Gasteiger partial charge on any atom is 0.220 e. The lowest BCUT2D eigenvalue weighted by molar-refractivity contribution is -0.122. The summed E-state index contributed by atoms with van der Waals surface area (Å²) in [5, 5.41) is 20.1. The third kappa shape index (κ3) is 3.57. The molecule has 1 aliphatic rings. The maximum atomic E-state index is 12.1. The Labute approximate surface area is 135 Å². The molecule has 1 aliphatic heterocycles. The Balaban J connectivity index is 1.50. The first-order chi connectivity index (χ1) is 11.2. The number of hydrogen-bond donors (Lipinski definition) is 1. The Morgan fingerprint density at radius 3 is 2.91 bits per heavy atom. The fourth-order valence-electron chi connectivity index (χ4n) is 2.88. The Bertz CT molecular complexity index is 741. The lowest BCUT2D eigenvalue weighted by Gasteiger charge is -2.24. The van der Waals surface area contributed by atoms with E-state index in [2.05, 4.69) is 26.2 Å². The van der Waals surface area contributed by atoms with Crippen LogP contribution in [0.15, 0.2) is 24.3 Å². The molecule has 0 unspecified atom stereocenters. The number of aryl methyl sites for hydroxylation is 3. The van der Waals surface area contributed by atoms with E-state index < -0.39 is 0 Å². The van der Waals surface area contributed by atoms with E-state index in [9.17, 15) is 4.79 Å². The van der Waals surface area contributed by atoms with Gasteiger partial charge >= 0.3 is 0 Å². The first-order valence-corrected chi connectivity index (χ1v) is 7.83. The van der Waals surface area contributed by atoms with Crippen molar-refractivity contribution in [3.63, 3.8) is 0 Å². The molecule has 0 saturated carbocycles. The second-order valence-corrected chi connectivity index (χ2v) is 5.89. The number of hydrogen-bond acceptors (Lipinski definition) is 4. The molecule has 2 heterocycles. The summed E-state index contributed by atoms with van der Waals surface area (Å²) in [5.74, 6) is 1.97. The summed E-state index contributed by atoms with van der Waals surface area (Å²) >= 11 is 0. The molecule has 0 saturated heterocycles. The highest BCUT2D eigenvalue weighted by molar-refractivity contribution is 5.76. The number of benzene rings is 1. The molecular formula is C17H19N5O. The standard InChI is InChI=1S/C17H19N5O/c1-12-20-21-16-8-7-15(11-22(12)16)19-17(23)9-6-13-2-4-14(10-18)5-3-13/h2-5,15H,6-9,11H2,1H3,(H,19,23)/t15-/m0/s1. The van der Waals surface area contributed by atoms with Crippen molar-refractivity contribution < 1.29 is 4.79 Å². The first-order valence-electron chi connectivity index (χ1n) is 7.83. The highest BCUT2D eigenvalue weighted by atomic mass is 16.1. The van der Waals surface area contributed by atoms with Crippen LogP contribution in [0.4, 0.5) is 0 Å². The molecule has 1 atom stereocenters. The molecule has 118 valence electrons. The van der Waals surface area contributed by atoms with Crippen molar-refractivity contribution in [2.75, 3.05) is 0 Å². The molecule has 1 amide bonds. The van der Waals surface area contributed by atoms with Gasteiger partial charge in [-0.1, -0.05) is 12.1 Å². The van der Waals surface area contributed by atoms with Gasteiger partial charge in [-0.2, -0.15) is 5.26 Å². The van der Waals surface area contributed by atoms with Crippen LogP contribution in [-0.4, -0.2) is 26.7 Å². The topological polar surface area (TPSA) is 83.6 Å². The Morgan fingerprint density at radius 1 is 1.39 bits per heavy atom. The van der Waals surface area contributed by atoms with Crippen LogP contribution in [0.3, 0.4) is 0 Å². The van der Waals surface area contributed by atoms with Crippen molar-refractivity contribution in [2.24, 2.45) is 0 Å². The number of nitriles is 1. The SMILES string of the molecule is Cc1nnc2n1C[C@@H](NC(=O)CCc1ccc(C#N)cc1)CC2. The predicted octanol–water partition coefficient (Wildman–Crippen LogP) is 1.52. The molecule has 2 aromatic rings. The zero-order valence-electron chi connectivity index (χ0n) is 13.1. The Kier molecular flexibility index (Phi) is 4.38. The van der Waals surface area contributed by atoms with Gasteiger partial charge in [-0.05, 0) is 37.5 Å². The molecular weight excluding hydrogens is 290 g/mol. The second kappa shape index (κ2) is 6.61. The van der Waals surface area contributed by atoms with Crippen LogP contribution in [0, 0.1) is 18.3 Å². The van der Waals surface area contributed by atoms with Gasteiger partial charge in [-0.25, -0.2) is 0 Å². The van der Waals surface area contributed by atoms with E-state index in [1.54, 1.807) is 12.1 Å². The van der Waals surface area contributed by atoms with Gasteiger partial charge in [0.25, 0.3) is 0 Å². The van der Waals surface area contributed by atoms with Crippen molar-refractivity contribution in [2.45, 2.75) is 45.2 Å². The summed E-state index contributed by atoms with van der Waals surface area (Å²) in [5.41, 5.74) is 1.71. The third-order valence-corrected chi connectivity index (χ3v) is 4.22. The smallest absolute Gasteiger partial charge is 0.220 e. The molecule has 0 spiro atoms. The van der Waals surface area contributed by atoms with Gasteiger partial charge in [-0.3, -0.25) is 4.79 Å². The van der Waals surface area contributed by atoms with Crippen molar-refractivity contribution in [3.8, 4) is 6.07 Å². The number of nitrogens with one attached hydrogen (secondary N) is 1. The van der Waals surface area contributed by atoms with E-state index in [1.807, 2.05) is 19.1 Å². The van der Waals surface area contributed by atoms with Crippen molar-refractivity contribution in [1.82, 2.24) is 20.1 Å². The van der Waals surface area contributed by atoms with Crippen LogP contribution in [0.1, 0.15) is 35.6 Å². The predicted molar refractivity (Wildman–Crippen MR) is 84.5 cm³/mol. The summed E-state index contributed by atoms with van der Waals surface area (Å²) < 4.78 is 2.08. The van der Waals surface area contributed by atoms with Crippen LogP contribution >= 0.6 is 0 Å². The monoisotopic (exact) mass is 309 g/mol. The number of carbonyl (C=O) groups excluding carboxylic acids is 1. The highest BCUT2D eigenvalue weighted by Crippen LogP contribution is 2.15. The number of nitrogens with zero attached hydrogens (tertiary/aromatic N) is 4. The minimum Gasteiger partial charge on any atom is -0.352 e. The molecule has 0 radical (unpaired) electrons. The van der Waals surface area contributed by atoms with Gasteiger partial charge in [-0.15, -0.1) is 10.2 Å². The Hall–Kier alpha value is -2.68. The zero-order chi connectivity index (χ0) is 16.2. The van der Waals surface area contributed by atoms with Gasteiger partial charge in [0.15, 0.2) is 0 Å². The minimum atomic E-state index is 0.0635. The van der Waals surface area contributed by atoms with Crippen LogP contribution in [-0.2, 0) is 24.2 Å². The van der Waals surface area contributed by atoms with E-state index in [4.69, 9.17) is 5.26 Å². The van der Waals surface area contributed by atoms with Gasteiger partial charge in [0.05, 0.1) is 11.6 Å². The molecule has 0 fully saturated rings. The highest BCUT2D eigenvalue weighted by Gasteiger charge is 2.22.